The second-order valence-corrected chi connectivity index (χ2v) is 11.9. The maximum atomic E-state index is 13.0. The standard InChI is InChI=1S/C32H24N4O5S2/c33-23-6-3-7-25(15-23)43-27-16-29(38)36(30(27)39)24-12-10-20(11-13-24)31(40)41-17-28(37)35-32-34-26(18-42-32)22-9-8-19-4-1-2-5-21(19)14-22/h1-15,18,27H,16-17,33H2,(H,34,35,37). The molecule has 6 rings (SSSR count). The van der Waals surface area contributed by atoms with Crippen LogP contribution in [0.15, 0.2) is 101 Å². The number of hydrogen-bond acceptors (Lipinski definition) is 9. The molecule has 5 aromatic rings. The summed E-state index contributed by atoms with van der Waals surface area (Å²) < 4.78 is 5.17. The van der Waals surface area contributed by atoms with Gasteiger partial charge in [0.1, 0.15) is 0 Å². The zero-order valence-electron chi connectivity index (χ0n) is 22.6. The third-order valence-electron chi connectivity index (χ3n) is 6.73. The number of carbonyl (C=O) groups is 4. The van der Waals surface area contributed by atoms with E-state index in [2.05, 4.69) is 10.3 Å². The minimum atomic E-state index is -0.716. The van der Waals surface area contributed by atoms with Gasteiger partial charge < -0.3 is 10.5 Å². The Balaban J connectivity index is 1.02. The summed E-state index contributed by atoms with van der Waals surface area (Å²) in [6.07, 6.45) is 0.0556. The number of carbonyl (C=O) groups excluding carboxylic acids is 4. The summed E-state index contributed by atoms with van der Waals surface area (Å²) in [4.78, 5) is 57.1. The number of nitrogens with two attached hydrogens (primary N) is 1. The fourth-order valence-corrected chi connectivity index (χ4v) is 6.51. The van der Waals surface area contributed by atoms with Crippen molar-refractivity contribution in [3.63, 3.8) is 0 Å². The Morgan fingerprint density at radius 3 is 2.56 bits per heavy atom. The number of benzene rings is 4. The van der Waals surface area contributed by atoms with Crippen LogP contribution in [0.4, 0.5) is 16.5 Å². The number of amides is 3. The molecule has 1 fully saturated rings. The molecule has 0 aliphatic carbocycles. The predicted octanol–water partition coefficient (Wildman–Crippen LogP) is 5.77. The zero-order valence-corrected chi connectivity index (χ0v) is 24.2. The second kappa shape index (κ2) is 12.1. The van der Waals surface area contributed by atoms with E-state index in [0.29, 0.717) is 16.5 Å². The molecule has 214 valence electrons. The van der Waals surface area contributed by atoms with Gasteiger partial charge in [0.15, 0.2) is 11.7 Å². The summed E-state index contributed by atoms with van der Waals surface area (Å²) in [5.41, 5.74) is 8.58. The highest BCUT2D eigenvalue weighted by atomic mass is 32.2. The fourth-order valence-electron chi connectivity index (χ4n) is 4.65. The number of rotatable bonds is 8. The number of nitrogens with zero attached hydrogens (tertiary/aromatic N) is 2. The molecule has 43 heavy (non-hydrogen) atoms. The van der Waals surface area contributed by atoms with Gasteiger partial charge in [-0.25, -0.2) is 14.7 Å². The number of thiazole rings is 1. The van der Waals surface area contributed by atoms with Crippen molar-refractivity contribution in [2.75, 3.05) is 22.6 Å². The molecule has 1 aromatic heterocycles. The van der Waals surface area contributed by atoms with Crippen molar-refractivity contribution in [3.8, 4) is 11.3 Å². The average Bonchev–Trinajstić information content (AvgIpc) is 3.58. The van der Waals surface area contributed by atoms with Crippen molar-refractivity contribution in [1.29, 1.82) is 0 Å². The van der Waals surface area contributed by atoms with E-state index in [1.54, 1.807) is 18.2 Å². The lowest BCUT2D eigenvalue weighted by Crippen LogP contribution is -2.31. The number of ether oxygens (including phenoxy) is 1. The molecule has 1 aliphatic rings. The number of imide groups is 1. The van der Waals surface area contributed by atoms with Gasteiger partial charge in [0, 0.05) is 27.9 Å². The van der Waals surface area contributed by atoms with E-state index in [0.717, 1.165) is 31.8 Å². The van der Waals surface area contributed by atoms with Gasteiger partial charge in [-0.05, 0) is 59.3 Å². The minimum absolute atomic E-state index is 0.0556. The third kappa shape index (κ3) is 6.27. The van der Waals surface area contributed by atoms with Gasteiger partial charge in [0.25, 0.3) is 5.91 Å². The number of nitrogen functional groups attached to an aromatic ring is 1. The molecule has 0 spiro atoms. The molecular weight excluding hydrogens is 585 g/mol. The van der Waals surface area contributed by atoms with Crippen LogP contribution < -0.4 is 16.0 Å². The lowest BCUT2D eigenvalue weighted by atomic mass is 10.1. The monoisotopic (exact) mass is 608 g/mol. The van der Waals surface area contributed by atoms with Crippen molar-refractivity contribution >= 4 is 74.1 Å². The smallest absolute Gasteiger partial charge is 0.338 e. The minimum Gasteiger partial charge on any atom is -0.452 e. The van der Waals surface area contributed by atoms with Crippen molar-refractivity contribution < 1.29 is 23.9 Å². The molecule has 1 saturated heterocycles. The van der Waals surface area contributed by atoms with Crippen LogP contribution in [0.5, 0.6) is 0 Å². The lowest BCUT2D eigenvalue weighted by Gasteiger charge is -2.15. The normalized spacial score (nSPS) is 14.7. The Morgan fingerprint density at radius 2 is 1.77 bits per heavy atom. The summed E-state index contributed by atoms with van der Waals surface area (Å²) >= 11 is 2.56. The van der Waals surface area contributed by atoms with Gasteiger partial charge in [-0.1, -0.05) is 42.5 Å². The van der Waals surface area contributed by atoms with Crippen molar-refractivity contribution in [3.05, 3.63) is 102 Å². The van der Waals surface area contributed by atoms with E-state index in [-0.39, 0.29) is 23.8 Å². The quantitative estimate of drug-likeness (QED) is 0.129. The predicted molar refractivity (Wildman–Crippen MR) is 168 cm³/mol. The van der Waals surface area contributed by atoms with Crippen LogP contribution in [0.25, 0.3) is 22.0 Å². The molecule has 11 heteroatoms. The molecule has 3 N–H and O–H groups in total. The van der Waals surface area contributed by atoms with Gasteiger partial charge >= 0.3 is 5.97 Å². The molecule has 0 bridgehead atoms. The number of esters is 1. The summed E-state index contributed by atoms with van der Waals surface area (Å²) in [6, 6.07) is 27.1. The summed E-state index contributed by atoms with van der Waals surface area (Å²) in [5.74, 6) is -1.91. The maximum absolute atomic E-state index is 13.0. The van der Waals surface area contributed by atoms with Crippen LogP contribution in [0.3, 0.4) is 0 Å². The van der Waals surface area contributed by atoms with Gasteiger partial charge in [-0.3, -0.25) is 19.7 Å². The zero-order chi connectivity index (χ0) is 29.9. The van der Waals surface area contributed by atoms with Crippen LogP contribution in [0.2, 0.25) is 0 Å². The molecule has 9 nitrogen and oxygen atoms in total. The number of aromatic nitrogens is 1. The first kappa shape index (κ1) is 28.1. The molecule has 1 unspecified atom stereocenters. The largest absolute Gasteiger partial charge is 0.452 e. The van der Waals surface area contributed by atoms with Gasteiger partial charge in [-0.2, -0.15) is 0 Å². The summed E-state index contributed by atoms with van der Waals surface area (Å²) in [7, 11) is 0. The van der Waals surface area contributed by atoms with Crippen LogP contribution in [0.1, 0.15) is 16.8 Å². The van der Waals surface area contributed by atoms with Crippen LogP contribution in [-0.2, 0) is 19.1 Å². The van der Waals surface area contributed by atoms with Crippen LogP contribution >= 0.6 is 23.1 Å². The molecule has 1 atom stereocenters. The summed E-state index contributed by atoms with van der Waals surface area (Å²) in [6.45, 7) is -0.503. The first-order valence-electron chi connectivity index (χ1n) is 13.2. The number of fused-ring (bicyclic) bond motifs is 1. The van der Waals surface area contributed by atoms with Crippen molar-refractivity contribution in [1.82, 2.24) is 4.98 Å². The van der Waals surface area contributed by atoms with Crippen LogP contribution in [-0.4, -0.2) is 40.5 Å². The maximum Gasteiger partial charge on any atom is 0.338 e. The fraction of sp³-hybridized carbons (Fsp3) is 0.0938. The van der Waals surface area contributed by atoms with Gasteiger partial charge in [-0.15, -0.1) is 23.1 Å². The van der Waals surface area contributed by atoms with E-state index < -0.39 is 23.7 Å². The SMILES string of the molecule is Nc1cccc(SC2CC(=O)N(c3ccc(C(=O)OCC(=O)Nc4nc(-c5ccc6ccccc6c5)cs4)cc3)C2=O)c1. The van der Waals surface area contributed by atoms with Gasteiger partial charge in [0.05, 0.1) is 22.2 Å². The van der Waals surface area contributed by atoms with Crippen molar-refractivity contribution in [2.45, 2.75) is 16.6 Å². The number of thioether (sulfide) groups is 1. The molecule has 3 amide bonds. The Labute approximate surface area is 254 Å². The van der Waals surface area contributed by atoms with Crippen LogP contribution in [0, 0.1) is 0 Å². The highest BCUT2D eigenvalue weighted by molar-refractivity contribution is 8.00. The van der Waals surface area contributed by atoms with E-state index in [1.165, 1.54) is 47.4 Å². The first-order chi connectivity index (χ1) is 20.8. The Kier molecular flexibility index (Phi) is 7.91. The number of anilines is 3. The molecule has 0 radical (unpaired) electrons. The first-order valence-corrected chi connectivity index (χ1v) is 15.0. The Bertz CT molecular complexity index is 1870. The highest BCUT2D eigenvalue weighted by Crippen LogP contribution is 2.34. The van der Waals surface area contributed by atoms with Gasteiger partial charge in [0.2, 0.25) is 11.8 Å². The molecule has 1 aliphatic heterocycles. The highest BCUT2D eigenvalue weighted by Gasteiger charge is 2.40. The summed E-state index contributed by atoms with van der Waals surface area (Å²) in [5, 5.41) is 6.54. The topological polar surface area (TPSA) is 132 Å². The van der Waals surface area contributed by atoms with Crippen molar-refractivity contribution in [2.24, 2.45) is 0 Å². The number of nitrogens with one attached hydrogen (secondary N) is 1. The molecule has 2 heterocycles. The number of hydrogen-bond donors (Lipinski definition) is 2. The third-order valence-corrected chi connectivity index (χ3v) is 8.67. The second-order valence-electron chi connectivity index (χ2n) is 9.72. The van der Waals surface area contributed by atoms with E-state index in [1.807, 2.05) is 53.9 Å². The Morgan fingerprint density at radius 1 is 0.977 bits per heavy atom. The Hall–Kier alpha value is -5.00. The molecule has 0 saturated carbocycles. The lowest BCUT2D eigenvalue weighted by molar-refractivity contribution is -0.121. The molecular formula is C32H24N4O5S2. The van der Waals surface area contributed by atoms with E-state index >= 15 is 0 Å². The van der Waals surface area contributed by atoms with E-state index in [4.69, 9.17) is 10.5 Å². The average molecular weight is 609 g/mol. The molecule has 4 aromatic carbocycles. The van der Waals surface area contributed by atoms with E-state index in [9.17, 15) is 19.2 Å².